The van der Waals surface area contributed by atoms with E-state index in [0.29, 0.717) is 17.0 Å². The molecule has 0 aliphatic heterocycles. The predicted molar refractivity (Wildman–Crippen MR) is 145 cm³/mol. The van der Waals surface area contributed by atoms with E-state index >= 15 is 0 Å². The molecule has 0 bridgehead atoms. The Morgan fingerprint density at radius 2 is 1.74 bits per heavy atom. The Morgan fingerprint density at radius 1 is 1.03 bits per heavy atom. The van der Waals surface area contributed by atoms with E-state index in [-0.39, 0.29) is 32.0 Å². The van der Waals surface area contributed by atoms with Crippen molar-refractivity contribution in [2.75, 3.05) is 13.2 Å². The van der Waals surface area contributed by atoms with E-state index in [4.69, 9.17) is 9.47 Å². The molecule has 210 valence electrons. The lowest BCUT2D eigenvalue weighted by molar-refractivity contribution is -0.149. The average molecular weight is 540 g/mol. The van der Waals surface area contributed by atoms with Gasteiger partial charge in [0.05, 0.1) is 35.9 Å². The van der Waals surface area contributed by atoms with Crippen LogP contribution in [0.1, 0.15) is 62.3 Å². The van der Waals surface area contributed by atoms with Gasteiger partial charge in [-0.3, -0.25) is 14.4 Å². The summed E-state index contributed by atoms with van der Waals surface area (Å²) in [5, 5.41) is 11.1. The molecule has 2 aromatic heterocycles. The van der Waals surface area contributed by atoms with Gasteiger partial charge in [-0.2, -0.15) is 5.10 Å². The van der Waals surface area contributed by atoms with E-state index < -0.39 is 35.8 Å². The number of aromatic nitrogens is 3. The molecule has 2 heterocycles. The minimum Gasteiger partial charge on any atom is -0.466 e. The van der Waals surface area contributed by atoms with E-state index in [1.165, 1.54) is 0 Å². The number of H-pyrrole nitrogens is 1. The molecule has 3 N–H and O–H groups in total. The van der Waals surface area contributed by atoms with Crippen LogP contribution < -0.4 is 10.6 Å². The van der Waals surface area contributed by atoms with Gasteiger partial charge in [0, 0.05) is 18.1 Å². The van der Waals surface area contributed by atoms with Gasteiger partial charge in [0.2, 0.25) is 5.91 Å². The first-order valence-corrected chi connectivity index (χ1v) is 13.1. The second kappa shape index (κ2) is 13.1. The lowest BCUT2D eigenvalue weighted by atomic mass is 10.0. The zero-order valence-electron chi connectivity index (χ0n) is 23.3. The highest BCUT2D eigenvalue weighted by atomic mass is 16.5. The fourth-order valence-electron chi connectivity index (χ4n) is 4.39. The molecule has 0 unspecified atom stereocenters. The average Bonchev–Trinajstić information content (AvgIpc) is 3.47. The zero-order chi connectivity index (χ0) is 28.7. The summed E-state index contributed by atoms with van der Waals surface area (Å²) in [5.41, 5.74) is 3.24. The number of benzene rings is 1. The molecule has 3 aromatic rings. The monoisotopic (exact) mass is 539 g/mol. The maximum absolute atomic E-state index is 13.4. The Balaban J connectivity index is 1.78. The van der Waals surface area contributed by atoms with E-state index in [2.05, 4.69) is 20.7 Å². The van der Waals surface area contributed by atoms with Crippen molar-refractivity contribution in [1.29, 1.82) is 0 Å². The number of aromatic amines is 1. The van der Waals surface area contributed by atoms with Gasteiger partial charge >= 0.3 is 11.9 Å². The third-order valence-corrected chi connectivity index (χ3v) is 6.37. The van der Waals surface area contributed by atoms with Gasteiger partial charge in [0.25, 0.3) is 5.91 Å². The molecule has 11 nitrogen and oxygen atoms in total. The van der Waals surface area contributed by atoms with Gasteiger partial charge in [-0.1, -0.05) is 19.9 Å². The van der Waals surface area contributed by atoms with Crippen LogP contribution in [0, 0.1) is 19.8 Å². The van der Waals surface area contributed by atoms with Gasteiger partial charge in [0.15, 0.2) is 0 Å². The quantitative estimate of drug-likeness (QED) is 0.300. The predicted octanol–water partition coefficient (Wildman–Crippen LogP) is 3.12. The van der Waals surface area contributed by atoms with Gasteiger partial charge < -0.3 is 25.1 Å². The van der Waals surface area contributed by atoms with Crippen LogP contribution in [-0.2, 0) is 23.9 Å². The molecule has 2 amide bonds. The molecule has 0 saturated carbocycles. The van der Waals surface area contributed by atoms with Crippen LogP contribution in [0.2, 0.25) is 0 Å². The summed E-state index contributed by atoms with van der Waals surface area (Å²) in [4.78, 5) is 54.2. The first-order chi connectivity index (χ1) is 18.6. The minimum atomic E-state index is -1.06. The van der Waals surface area contributed by atoms with E-state index in [1.807, 2.05) is 30.5 Å². The number of aryl methyl sites for hydroxylation is 1. The summed E-state index contributed by atoms with van der Waals surface area (Å²) < 4.78 is 11.7. The number of carbonyl (C=O) groups excluding carboxylic acids is 4. The Bertz CT molecular complexity index is 1340. The number of amides is 2. The Morgan fingerprint density at radius 3 is 2.41 bits per heavy atom. The summed E-state index contributed by atoms with van der Waals surface area (Å²) in [6.07, 6.45) is 1.80. The molecule has 0 saturated heterocycles. The Hall–Kier alpha value is -4.15. The largest absolute Gasteiger partial charge is 0.466 e. The van der Waals surface area contributed by atoms with Crippen molar-refractivity contribution in [3.8, 4) is 5.69 Å². The number of nitrogens with one attached hydrogen (secondary N) is 3. The molecule has 3 rings (SSSR count). The molecule has 0 radical (unpaired) electrons. The van der Waals surface area contributed by atoms with Gasteiger partial charge in [-0.25, -0.2) is 9.48 Å². The number of carbonyl (C=O) groups is 4. The summed E-state index contributed by atoms with van der Waals surface area (Å²) in [7, 11) is 0. The van der Waals surface area contributed by atoms with Crippen LogP contribution in [0.3, 0.4) is 0 Å². The Kier molecular flexibility index (Phi) is 9.86. The molecule has 39 heavy (non-hydrogen) atoms. The number of esters is 2. The molecule has 1 aromatic carbocycles. The van der Waals surface area contributed by atoms with Gasteiger partial charge in [-0.05, 0) is 63.6 Å². The standard InChI is InChI=1S/C28H37N5O6/c1-7-38-23(34)12-11-21(28(37)39-8-2)30-27(36)25(16(3)4)31-26(35)24-17(5)32-33(18(24)6)20-10-9-19-13-14-29-22(19)15-20/h9-10,13-16,21,25,29H,7-8,11-12H2,1-6H3,(H,30,36)(H,31,35)/t21-,25+/m0/s1. The van der Waals surface area contributed by atoms with Crippen molar-refractivity contribution in [2.24, 2.45) is 5.92 Å². The maximum Gasteiger partial charge on any atom is 0.328 e. The number of hydrogen-bond acceptors (Lipinski definition) is 7. The van der Waals surface area contributed by atoms with Crippen LogP contribution >= 0.6 is 0 Å². The van der Waals surface area contributed by atoms with Gasteiger partial charge in [-0.15, -0.1) is 0 Å². The SMILES string of the molecule is CCOC(=O)CC[C@H](NC(=O)[C@H](NC(=O)c1c(C)nn(-c2ccc3cc[nH]c3c2)c1C)C(C)C)C(=O)OCC. The molecular weight excluding hydrogens is 502 g/mol. The molecule has 0 fully saturated rings. The number of rotatable bonds is 12. The molecule has 2 atom stereocenters. The van der Waals surface area contributed by atoms with Crippen LogP contribution in [-0.4, -0.2) is 63.8 Å². The lowest BCUT2D eigenvalue weighted by Crippen LogP contribution is -2.54. The topological polar surface area (TPSA) is 144 Å². The number of fused-ring (bicyclic) bond motifs is 1. The van der Waals surface area contributed by atoms with Crippen molar-refractivity contribution in [1.82, 2.24) is 25.4 Å². The first kappa shape index (κ1) is 29.4. The molecular formula is C28H37N5O6. The van der Waals surface area contributed by atoms with Crippen molar-refractivity contribution < 1.29 is 28.7 Å². The fourth-order valence-corrected chi connectivity index (χ4v) is 4.39. The number of ether oxygens (including phenoxy) is 2. The highest BCUT2D eigenvalue weighted by Crippen LogP contribution is 2.22. The maximum atomic E-state index is 13.4. The number of hydrogen-bond donors (Lipinski definition) is 3. The van der Waals surface area contributed by atoms with Crippen LogP contribution in [0.25, 0.3) is 16.6 Å². The molecule has 11 heteroatoms. The van der Waals surface area contributed by atoms with Crippen molar-refractivity contribution in [3.05, 3.63) is 47.4 Å². The minimum absolute atomic E-state index is 0.0122. The zero-order valence-corrected chi connectivity index (χ0v) is 23.3. The molecule has 0 aliphatic carbocycles. The summed E-state index contributed by atoms with van der Waals surface area (Å²) in [6, 6.07) is 5.81. The third-order valence-electron chi connectivity index (χ3n) is 6.37. The Labute approximate surface area is 227 Å². The normalized spacial score (nSPS) is 12.7. The van der Waals surface area contributed by atoms with Crippen molar-refractivity contribution in [2.45, 2.75) is 66.5 Å². The van der Waals surface area contributed by atoms with Crippen molar-refractivity contribution >= 4 is 34.7 Å². The molecule has 0 spiro atoms. The van der Waals surface area contributed by atoms with E-state index in [9.17, 15) is 19.2 Å². The van der Waals surface area contributed by atoms with Crippen LogP contribution in [0.5, 0.6) is 0 Å². The summed E-state index contributed by atoms with van der Waals surface area (Å²) >= 11 is 0. The van der Waals surface area contributed by atoms with Crippen LogP contribution in [0.15, 0.2) is 30.5 Å². The summed E-state index contributed by atoms with van der Waals surface area (Å²) in [5.74, 6) is -2.44. The van der Waals surface area contributed by atoms with E-state index in [0.717, 1.165) is 16.6 Å². The highest BCUT2D eigenvalue weighted by molar-refractivity contribution is 6.00. The lowest BCUT2D eigenvalue weighted by Gasteiger charge is -2.25. The number of nitrogens with zero attached hydrogens (tertiary/aromatic N) is 2. The first-order valence-electron chi connectivity index (χ1n) is 13.1. The third kappa shape index (κ3) is 7.04. The van der Waals surface area contributed by atoms with Crippen molar-refractivity contribution in [3.63, 3.8) is 0 Å². The van der Waals surface area contributed by atoms with Crippen LogP contribution in [0.4, 0.5) is 0 Å². The van der Waals surface area contributed by atoms with E-state index in [1.54, 1.807) is 46.2 Å². The highest BCUT2D eigenvalue weighted by Gasteiger charge is 2.31. The fraction of sp³-hybridized carbons (Fsp3) is 0.464. The second-order valence-electron chi connectivity index (χ2n) is 9.56. The molecule has 0 aliphatic rings. The summed E-state index contributed by atoms with van der Waals surface area (Å²) in [6.45, 7) is 10.8. The van der Waals surface area contributed by atoms with Gasteiger partial charge in [0.1, 0.15) is 12.1 Å². The second-order valence-corrected chi connectivity index (χ2v) is 9.56. The smallest absolute Gasteiger partial charge is 0.328 e.